The fourth-order valence-electron chi connectivity index (χ4n) is 1.57. The van der Waals surface area contributed by atoms with Gasteiger partial charge in [-0.05, 0) is 25.0 Å². The molecule has 75 valence electrons. The van der Waals surface area contributed by atoms with E-state index in [1.807, 2.05) is 0 Å². The van der Waals surface area contributed by atoms with E-state index in [1.165, 1.54) is 22.3 Å². The molecule has 0 amide bonds. The van der Waals surface area contributed by atoms with E-state index in [1.54, 1.807) is 0 Å². The predicted octanol–water partition coefficient (Wildman–Crippen LogP) is 4.10. The second-order valence-electron chi connectivity index (χ2n) is 3.92. The number of benzene rings is 1. The van der Waals surface area contributed by atoms with Crippen LogP contribution in [0, 0.1) is 13.3 Å². The Morgan fingerprint density at radius 3 is 2.33 bits per heavy atom. The average molecular weight is 195 g/mol. The Balaban J connectivity index is 2.29. The maximum atomic E-state index is 2.17. The van der Waals surface area contributed by atoms with Crippen molar-refractivity contribution in [1.82, 2.24) is 0 Å². The first-order valence-corrected chi connectivity index (χ1v) is 5.23. The van der Waals surface area contributed by atoms with Crippen LogP contribution >= 0.6 is 0 Å². The van der Waals surface area contributed by atoms with Gasteiger partial charge in [-0.1, -0.05) is 59.7 Å². The minimum Gasteiger partial charge on any atom is -0.0686 e. The van der Waals surface area contributed by atoms with Crippen molar-refractivity contribution in [2.45, 2.75) is 13.8 Å². The van der Waals surface area contributed by atoms with Crippen molar-refractivity contribution in [3.8, 4) is 0 Å². The maximum Gasteiger partial charge on any atom is 0.00869 e. The number of allylic oxidation sites excluding steroid dienone is 6. The highest BCUT2D eigenvalue weighted by Crippen LogP contribution is 2.20. The summed E-state index contributed by atoms with van der Waals surface area (Å²) in [7, 11) is 0. The molecular formula is C15H15. The van der Waals surface area contributed by atoms with Crippen molar-refractivity contribution in [2.75, 3.05) is 0 Å². The van der Waals surface area contributed by atoms with Crippen LogP contribution in [0.15, 0.2) is 54.1 Å². The van der Waals surface area contributed by atoms with Gasteiger partial charge in [-0.2, -0.15) is 0 Å². The Kier molecular flexibility index (Phi) is 2.86. The smallest absolute Gasteiger partial charge is 0.00869 e. The quantitative estimate of drug-likeness (QED) is 0.633. The molecule has 0 unspecified atom stereocenters. The summed E-state index contributed by atoms with van der Waals surface area (Å²) in [4.78, 5) is 0. The molecule has 0 atom stereocenters. The first-order valence-electron chi connectivity index (χ1n) is 5.23. The fraction of sp³-hybridized carbons (Fsp3) is 0.133. The number of hydrogen-bond donors (Lipinski definition) is 0. The SMILES string of the molecule is CC1=CC=CC(c2ccc(C)cc2)=C[CH]1. The van der Waals surface area contributed by atoms with Gasteiger partial charge in [0.25, 0.3) is 0 Å². The Morgan fingerprint density at radius 2 is 1.60 bits per heavy atom. The van der Waals surface area contributed by atoms with E-state index in [2.05, 4.69) is 68.8 Å². The van der Waals surface area contributed by atoms with Gasteiger partial charge in [-0.3, -0.25) is 0 Å². The molecule has 0 aromatic heterocycles. The largest absolute Gasteiger partial charge is 0.0686 e. The lowest BCUT2D eigenvalue weighted by Crippen LogP contribution is -1.81. The van der Waals surface area contributed by atoms with Crippen molar-refractivity contribution in [1.29, 1.82) is 0 Å². The second-order valence-corrected chi connectivity index (χ2v) is 3.92. The predicted molar refractivity (Wildman–Crippen MR) is 66.4 cm³/mol. The summed E-state index contributed by atoms with van der Waals surface area (Å²) in [6.45, 7) is 4.22. The number of aryl methyl sites for hydroxylation is 1. The molecule has 0 spiro atoms. The lowest BCUT2D eigenvalue weighted by atomic mass is 10.0. The van der Waals surface area contributed by atoms with Crippen molar-refractivity contribution < 1.29 is 0 Å². The van der Waals surface area contributed by atoms with Gasteiger partial charge in [0.1, 0.15) is 0 Å². The van der Waals surface area contributed by atoms with E-state index in [-0.39, 0.29) is 0 Å². The van der Waals surface area contributed by atoms with E-state index < -0.39 is 0 Å². The lowest BCUT2D eigenvalue weighted by Gasteiger charge is -2.02. The minimum atomic E-state index is 1.27. The van der Waals surface area contributed by atoms with Crippen molar-refractivity contribution in [3.63, 3.8) is 0 Å². The van der Waals surface area contributed by atoms with Crippen molar-refractivity contribution in [3.05, 3.63) is 71.7 Å². The Hall–Kier alpha value is -1.56. The normalized spacial score (nSPS) is 15.6. The van der Waals surface area contributed by atoms with Crippen LogP contribution in [-0.2, 0) is 0 Å². The van der Waals surface area contributed by atoms with Gasteiger partial charge in [-0.15, -0.1) is 0 Å². The molecule has 0 heterocycles. The topological polar surface area (TPSA) is 0 Å². The first-order chi connectivity index (χ1) is 7.25. The zero-order valence-electron chi connectivity index (χ0n) is 9.20. The summed E-state index contributed by atoms with van der Waals surface area (Å²) < 4.78 is 0. The summed E-state index contributed by atoms with van der Waals surface area (Å²) in [5, 5.41) is 0. The molecule has 0 heteroatoms. The molecule has 2 rings (SSSR count). The highest BCUT2D eigenvalue weighted by molar-refractivity contribution is 5.76. The highest BCUT2D eigenvalue weighted by atomic mass is 14.0. The van der Waals surface area contributed by atoms with Gasteiger partial charge in [0.2, 0.25) is 0 Å². The second kappa shape index (κ2) is 4.31. The summed E-state index contributed by atoms with van der Waals surface area (Å²) in [6.07, 6.45) is 10.7. The molecule has 1 aliphatic carbocycles. The Morgan fingerprint density at radius 1 is 0.867 bits per heavy atom. The molecule has 1 radical (unpaired) electrons. The molecule has 1 aliphatic rings. The van der Waals surface area contributed by atoms with Gasteiger partial charge in [0, 0.05) is 6.42 Å². The van der Waals surface area contributed by atoms with Crippen LogP contribution in [0.2, 0.25) is 0 Å². The molecular weight excluding hydrogens is 180 g/mol. The van der Waals surface area contributed by atoms with E-state index in [0.29, 0.717) is 0 Å². The van der Waals surface area contributed by atoms with E-state index in [0.717, 1.165) is 0 Å². The molecule has 15 heavy (non-hydrogen) atoms. The van der Waals surface area contributed by atoms with Crippen LogP contribution in [0.1, 0.15) is 18.1 Å². The Labute approximate surface area is 91.6 Å². The maximum absolute atomic E-state index is 2.17. The van der Waals surface area contributed by atoms with Gasteiger partial charge in [0.15, 0.2) is 0 Å². The number of rotatable bonds is 1. The molecule has 0 aliphatic heterocycles. The highest BCUT2D eigenvalue weighted by Gasteiger charge is 1.99. The van der Waals surface area contributed by atoms with Crippen LogP contribution < -0.4 is 0 Å². The van der Waals surface area contributed by atoms with Crippen LogP contribution in [0.5, 0.6) is 0 Å². The molecule has 0 saturated heterocycles. The Bertz CT molecular complexity index is 428. The van der Waals surface area contributed by atoms with E-state index in [9.17, 15) is 0 Å². The van der Waals surface area contributed by atoms with E-state index in [4.69, 9.17) is 0 Å². The van der Waals surface area contributed by atoms with Crippen LogP contribution in [0.25, 0.3) is 5.57 Å². The average Bonchev–Trinajstić information content (AvgIpc) is 2.44. The number of hydrogen-bond acceptors (Lipinski definition) is 0. The van der Waals surface area contributed by atoms with Crippen LogP contribution in [-0.4, -0.2) is 0 Å². The van der Waals surface area contributed by atoms with Gasteiger partial charge >= 0.3 is 0 Å². The van der Waals surface area contributed by atoms with Crippen molar-refractivity contribution in [2.24, 2.45) is 0 Å². The first kappa shape index (κ1) is 9.97. The van der Waals surface area contributed by atoms with Gasteiger partial charge < -0.3 is 0 Å². The minimum absolute atomic E-state index is 1.27. The molecule has 0 fully saturated rings. The summed E-state index contributed by atoms with van der Waals surface area (Å²) in [5.74, 6) is 0. The standard InChI is InChI=1S/C15H15/c1-12-4-3-5-14(9-6-12)15-10-7-13(2)8-11-15/h3-11H,1-2H3. The molecule has 1 aromatic carbocycles. The van der Waals surface area contributed by atoms with Crippen LogP contribution in [0.3, 0.4) is 0 Å². The third kappa shape index (κ3) is 2.47. The third-order valence-electron chi connectivity index (χ3n) is 2.55. The van der Waals surface area contributed by atoms with Gasteiger partial charge in [-0.25, -0.2) is 0 Å². The lowest BCUT2D eigenvalue weighted by molar-refractivity contribution is 1.44. The fourth-order valence-corrected chi connectivity index (χ4v) is 1.57. The van der Waals surface area contributed by atoms with Gasteiger partial charge in [0.05, 0.1) is 0 Å². The molecule has 0 nitrogen and oxygen atoms in total. The molecule has 0 N–H and O–H groups in total. The van der Waals surface area contributed by atoms with Crippen LogP contribution in [0.4, 0.5) is 0 Å². The molecule has 0 saturated carbocycles. The zero-order valence-corrected chi connectivity index (χ0v) is 9.20. The molecule has 1 aromatic rings. The van der Waals surface area contributed by atoms with E-state index >= 15 is 0 Å². The summed E-state index contributed by atoms with van der Waals surface area (Å²) >= 11 is 0. The third-order valence-corrected chi connectivity index (χ3v) is 2.55. The summed E-state index contributed by atoms with van der Waals surface area (Å²) in [6, 6.07) is 8.63. The zero-order chi connectivity index (χ0) is 10.7. The summed E-state index contributed by atoms with van der Waals surface area (Å²) in [5.41, 5.74) is 5.13. The monoisotopic (exact) mass is 195 g/mol. The molecule has 0 bridgehead atoms. The van der Waals surface area contributed by atoms with Crippen molar-refractivity contribution >= 4 is 5.57 Å².